The Morgan fingerprint density at radius 1 is 1.21 bits per heavy atom. The van der Waals surface area contributed by atoms with Gasteiger partial charge in [0.05, 0.1) is 0 Å². The van der Waals surface area contributed by atoms with E-state index < -0.39 is 0 Å². The Morgan fingerprint density at radius 3 is 2.59 bits per heavy atom. The Bertz CT molecular complexity index is 1130. The van der Waals surface area contributed by atoms with Crippen molar-refractivity contribution in [2.24, 2.45) is 0 Å². The van der Waals surface area contributed by atoms with Crippen LogP contribution in [0, 0.1) is 6.92 Å². The number of halogens is 1. The minimum atomic E-state index is -0.278. The maximum absolute atomic E-state index is 12.8. The lowest BCUT2D eigenvalue weighted by Gasteiger charge is -2.32. The van der Waals surface area contributed by atoms with Crippen molar-refractivity contribution < 1.29 is 9.59 Å². The van der Waals surface area contributed by atoms with Crippen LogP contribution in [0.1, 0.15) is 39.4 Å². The van der Waals surface area contributed by atoms with E-state index in [4.69, 9.17) is 11.6 Å². The molecule has 0 saturated carbocycles. The minimum absolute atomic E-state index is 0.00575. The number of carbonyl (C=O) groups is 2. The first-order valence-corrected chi connectivity index (χ1v) is 9.73. The summed E-state index contributed by atoms with van der Waals surface area (Å²) in [5, 5.41) is 7.83. The van der Waals surface area contributed by atoms with E-state index in [9.17, 15) is 14.4 Å². The summed E-state index contributed by atoms with van der Waals surface area (Å²) >= 11 is 5.85. The molecule has 1 aliphatic rings. The zero-order valence-corrected chi connectivity index (χ0v) is 16.6. The highest BCUT2D eigenvalue weighted by molar-refractivity contribution is 6.30. The van der Waals surface area contributed by atoms with Gasteiger partial charge >= 0.3 is 0 Å². The molecular formula is C20H20ClN5O3. The molecule has 0 bridgehead atoms. The van der Waals surface area contributed by atoms with Crippen molar-refractivity contribution in [3.8, 4) is 0 Å². The lowest BCUT2D eigenvalue weighted by molar-refractivity contribution is 0.0692. The van der Waals surface area contributed by atoms with Crippen molar-refractivity contribution in [2.45, 2.75) is 25.8 Å². The molecule has 3 aromatic rings. The van der Waals surface area contributed by atoms with Crippen LogP contribution in [-0.4, -0.2) is 50.4 Å². The molecule has 0 spiro atoms. The van der Waals surface area contributed by atoms with E-state index in [2.05, 4.69) is 15.4 Å². The predicted molar refractivity (Wildman–Crippen MR) is 108 cm³/mol. The molecule has 9 heteroatoms. The van der Waals surface area contributed by atoms with E-state index in [1.807, 2.05) is 0 Å². The summed E-state index contributed by atoms with van der Waals surface area (Å²) in [5.41, 5.74) is 1.52. The topological polar surface area (TPSA) is 99.6 Å². The molecule has 1 fully saturated rings. The number of nitrogens with zero attached hydrogens (tertiary/aromatic N) is 3. The Labute approximate surface area is 171 Å². The summed E-state index contributed by atoms with van der Waals surface area (Å²) < 4.78 is 1.43. The number of likely N-dealkylation sites (tertiary alicyclic amines) is 1. The highest BCUT2D eigenvalue weighted by atomic mass is 35.5. The Hall–Kier alpha value is -3.13. The summed E-state index contributed by atoms with van der Waals surface area (Å²) in [6.07, 6.45) is 2.97. The van der Waals surface area contributed by atoms with Gasteiger partial charge in [-0.2, -0.15) is 5.10 Å². The highest BCUT2D eigenvalue weighted by Crippen LogP contribution is 2.16. The average molecular weight is 414 g/mol. The second-order valence-electron chi connectivity index (χ2n) is 7.17. The van der Waals surface area contributed by atoms with Crippen LogP contribution in [0.5, 0.6) is 0 Å². The van der Waals surface area contributed by atoms with Gasteiger partial charge in [0, 0.05) is 47.7 Å². The molecule has 0 atom stereocenters. The van der Waals surface area contributed by atoms with Crippen LogP contribution in [0.25, 0.3) is 5.52 Å². The van der Waals surface area contributed by atoms with Crippen LogP contribution >= 0.6 is 11.6 Å². The number of rotatable bonds is 3. The third kappa shape index (κ3) is 4.02. The number of benzene rings is 1. The van der Waals surface area contributed by atoms with Crippen molar-refractivity contribution >= 4 is 28.9 Å². The largest absolute Gasteiger partial charge is 0.349 e. The number of hydrogen-bond donors (Lipinski definition) is 2. The van der Waals surface area contributed by atoms with Gasteiger partial charge in [-0.15, -0.1) is 0 Å². The lowest BCUT2D eigenvalue weighted by Crippen LogP contribution is -2.46. The number of fused-ring (bicyclic) bond motifs is 1. The van der Waals surface area contributed by atoms with Gasteiger partial charge in [-0.25, -0.2) is 4.52 Å². The predicted octanol–water partition coefficient (Wildman–Crippen LogP) is 2.02. The molecule has 0 radical (unpaired) electrons. The van der Waals surface area contributed by atoms with Crippen LogP contribution in [-0.2, 0) is 0 Å². The number of aromatic nitrogens is 3. The number of carbonyl (C=O) groups excluding carboxylic acids is 2. The second kappa shape index (κ2) is 7.71. The van der Waals surface area contributed by atoms with Gasteiger partial charge in [0.25, 0.3) is 17.4 Å². The van der Waals surface area contributed by atoms with Crippen LogP contribution in [0.15, 0.2) is 41.3 Å². The van der Waals surface area contributed by atoms with Crippen molar-refractivity contribution in [3.05, 3.63) is 68.9 Å². The summed E-state index contributed by atoms with van der Waals surface area (Å²) in [6, 6.07) is 8.23. The van der Waals surface area contributed by atoms with Crippen molar-refractivity contribution in [3.63, 3.8) is 0 Å². The van der Waals surface area contributed by atoms with Crippen molar-refractivity contribution in [2.75, 3.05) is 13.1 Å². The molecule has 2 aromatic heterocycles. The third-order valence-corrected chi connectivity index (χ3v) is 5.29. The first kappa shape index (κ1) is 19.2. The normalized spacial score (nSPS) is 14.9. The number of H-pyrrole nitrogens is 1. The fourth-order valence-electron chi connectivity index (χ4n) is 3.48. The maximum atomic E-state index is 12.8. The molecule has 150 valence electrons. The van der Waals surface area contributed by atoms with E-state index in [1.165, 1.54) is 10.6 Å². The Morgan fingerprint density at radius 2 is 1.90 bits per heavy atom. The molecule has 29 heavy (non-hydrogen) atoms. The zero-order valence-electron chi connectivity index (χ0n) is 15.8. The molecule has 8 nitrogen and oxygen atoms in total. The number of hydrogen-bond acceptors (Lipinski definition) is 4. The van der Waals surface area contributed by atoms with Crippen LogP contribution in [0.3, 0.4) is 0 Å². The molecule has 3 heterocycles. The van der Waals surface area contributed by atoms with Gasteiger partial charge in [-0.1, -0.05) is 11.6 Å². The van der Waals surface area contributed by atoms with Crippen LogP contribution in [0.4, 0.5) is 0 Å². The molecule has 2 N–H and O–H groups in total. The molecule has 1 aliphatic heterocycles. The molecule has 0 unspecified atom stereocenters. The number of amides is 2. The standard InChI is InChI=1S/C20H20ClN5O3/c1-12-11-26-17(19(28)22-12)10-16(24-26)20(29)25-8-6-15(7-9-25)23-18(27)13-2-4-14(21)5-3-13/h2-5,10-11,15H,6-9H2,1H3,(H,22,28)(H,23,27). The van der Waals surface area contributed by atoms with Crippen molar-refractivity contribution in [1.82, 2.24) is 24.8 Å². The number of piperidine rings is 1. The average Bonchev–Trinajstić information content (AvgIpc) is 3.13. The molecule has 1 saturated heterocycles. The molecule has 4 rings (SSSR count). The van der Waals surface area contributed by atoms with Gasteiger partial charge in [0.1, 0.15) is 5.52 Å². The number of aryl methyl sites for hydroxylation is 1. The van der Waals surface area contributed by atoms with Crippen LogP contribution < -0.4 is 10.9 Å². The van der Waals surface area contributed by atoms with E-state index in [1.54, 1.807) is 42.3 Å². The smallest absolute Gasteiger partial charge is 0.274 e. The van der Waals surface area contributed by atoms with Crippen LogP contribution in [0.2, 0.25) is 5.02 Å². The van der Waals surface area contributed by atoms with Gasteiger partial charge in [-0.3, -0.25) is 14.4 Å². The number of aromatic amines is 1. The monoisotopic (exact) mass is 413 g/mol. The molecule has 1 aromatic carbocycles. The van der Waals surface area contributed by atoms with E-state index in [0.29, 0.717) is 47.7 Å². The molecular weight excluding hydrogens is 394 g/mol. The van der Waals surface area contributed by atoms with Gasteiger partial charge in [0.15, 0.2) is 5.69 Å². The van der Waals surface area contributed by atoms with Gasteiger partial charge in [0.2, 0.25) is 0 Å². The summed E-state index contributed by atoms with van der Waals surface area (Å²) in [5.74, 6) is -0.366. The van der Waals surface area contributed by atoms with Crippen molar-refractivity contribution in [1.29, 1.82) is 0 Å². The van der Waals surface area contributed by atoms with E-state index in [0.717, 1.165) is 0 Å². The Kier molecular flexibility index (Phi) is 5.10. The highest BCUT2D eigenvalue weighted by Gasteiger charge is 2.26. The molecule has 0 aliphatic carbocycles. The fourth-order valence-corrected chi connectivity index (χ4v) is 3.61. The van der Waals surface area contributed by atoms with Gasteiger partial charge in [-0.05, 0) is 44.0 Å². The van der Waals surface area contributed by atoms with Gasteiger partial charge < -0.3 is 15.2 Å². The minimum Gasteiger partial charge on any atom is -0.349 e. The third-order valence-electron chi connectivity index (χ3n) is 5.04. The summed E-state index contributed by atoms with van der Waals surface area (Å²) in [4.78, 5) is 41.5. The lowest BCUT2D eigenvalue weighted by atomic mass is 10.0. The van der Waals surface area contributed by atoms with E-state index >= 15 is 0 Å². The zero-order chi connectivity index (χ0) is 20.5. The maximum Gasteiger partial charge on any atom is 0.274 e. The first-order valence-electron chi connectivity index (χ1n) is 9.36. The quantitative estimate of drug-likeness (QED) is 0.686. The molecule has 2 amide bonds. The van der Waals surface area contributed by atoms with E-state index in [-0.39, 0.29) is 29.1 Å². The summed E-state index contributed by atoms with van der Waals surface area (Å²) in [7, 11) is 0. The Balaban J connectivity index is 1.38. The number of nitrogens with one attached hydrogen (secondary N) is 2. The fraction of sp³-hybridized carbons (Fsp3) is 0.300. The first-order chi connectivity index (χ1) is 13.9. The summed E-state index contributed by atoms with van der Waals surface area (Å²) in [6.45, 7) is 2.77. The SMILES string of the molecule is Cc1cn2nc(C(=O)N3CCC(NC(=O)c4ccc(Cl)cc4)CC3)cc2c(=O)[nH]1. The second-order valence-corrected chi connectivity index (χ2v) is 7.61.